The van der Waals surface area contributed by atoms with E-state index in [-0.39, 0.29) is 5.56 Å². The van der Waals surface area contributed by atoms with Crippen molar-refractivity contribution in [2.45, 2.75) is 25.9 Å². The summed E-state index contributed by atoms with van der Waals surface area (Å²) in [6.07, 6.45) is -4.41. The largest absolute Gasteiger partial charge is 0.416 e. The summed E-state index contributed by atoms with van der Waals surface area (Å²) in [6.45, 7) is 3.57. The Balaban J connectivity index is 2.06. The van der Waals surface area contributed by atoms with Gasteiger partial charge in [0.15, 0.2) is 0 Å². The molecule has 1 unspecified atom stereocenters. The topological polar surface area (TPSA) is 12.9 Å². The fourth-order valence-electron chi connectivity index (χ4n) is 3.64. The first-order valence-corrected chi connectivity index (χ1v) is 8.11. The van der Waals surface area contributed by atoms with Crippen LogP contribution in [0.2, 0.25) is 0 Å². The molecule has 1 aliphatic rings. The first-order chi connectivity index (χ1) is 11.9. The molecule has 0 saturated carbocycles. The number of rotatable bonds is 1. The van der Waals surface area contributed by atoms with Gasteiger partial charge in [-0.3, -0.25) is 4.98 Å². The SMILES string of the molecule is Cc1ccc(C2c3ccccc3-c3nc(C)cc(C(F)(F)F)c32)cc1. The predicted octanol–water partition coefficient (Wildman–Crippen LogP) is 5.88. The Morgan fingerprint density at radius 1 is 0.920 bits per heavy atom. The summed E-state index contributed by atoms with van der Waals surface area (Å²) in [5.41, 5.74) is 4.11. The third-order valence-corrected chi connectivity index (χ3v) is 4.72. The van der Waals surface area contributed by atoms with E-state index in [1.165, 1.54) is 0 Å². The number of alkyl halides is 3. The van der Waals surface area contributed by atoms with Crippen molar-refractivity contribution < 1.29 is 13.2 Å². The Labute approximate surface area is 144 Å². The van der Waals surface area contributed by atoms with Crippen molar-refractivity contribution in [1.29, 1.82) is 0 Å². The molecular weight excluding hydrogens is 323 g/mol. The van der Waals surface area contributed by atoms with E-state index in [0.29, 0.717) is 11.4 Å². The summed E-state index contributed by atoms with van der Waals surface area (Å²) < 4.78 is 41.3. The number of halogens is 3. The Bertz CT molecular complexity index is 956. The van der Waals surface area contributed by atoms with Crippen LogP contribution in [-0.4, -0.2) is 4.98 Å². The van der Waals surface area contributed by atoms with E-state index < -0.39 is 17.7 Å². The number of nitrogens with zero attached hydrogens (tertiary/aromatic N) is 1. The molecule has 1 nitrogen and oxygen atoms in total. The number of aromatic nitrogens is 1. The van der Waals surface area contributed by atoms with Crippen LogP contribution in [0.25, 0.3) is 11.3 Å². The quantitative estimate of drug-likeness (QED) is 0.422. The molecule has 0 radical (unpaired) electrons. The predicted molar refractivity (Wildman–Crippen MR) is 91.5 cm³/mol. The van der Waals surface area contributed by atoms with Crippen LogP contribution in [0.1, 0.15) is 39.4 Å². The van der Waals surface area contributed by atoms with E-state index in [9.17, 15) is 13.2 Å². The molecule has 0 bridgehead atoms. The molecule has 0 spiro atoms. The highest BCUT2D eigenvalue weighted by molar-refractivity contribution is 5.79. The first kappa shape index (κ1) is 15.9. The van der Waals surface area contributed by atoms with E-state index in [0.717, 1.165) is 28.3 Å². The van der Waals surface area contributed by atoms with E-state index in [2.05, 4.69) is 4.98 Å². The monoisotopic (exact) mass is 339 g/mol. The third kappa shape index (κ3) is 2.53. The van der Waals surface area contributed by atoms with Crippen LogP contribution >= 0.6 is 0 Å². The molecule has 3 aromatic rings. The molecule has 4 heteroatoms. The van der Waals surface area contributed by atoms with Gasteiger partial charge in [0.25, 0.3) is 0 Å². The van der Waals surface area contributed by atoms with Gasteiger partial charge >= 0.3 is 6.18 Å². The lowest BCUT2D eigenvalue weighted by Crippen LogP contribution is -2.13. The van der Waals surface area contributed by atoms with Gasteiger partial charge < -0.3 is 0 Å². The average molecular weight is 339 g/mol. The second-order valence-corrected chi connectivity index (χ2v) is 6.50. The van der Waals surface area contributed by atoms with Crippen LogP contribution in [0.15, 0.2) is 54.6 Å². The van der Waals surface area contributed by atoms with Crippen molar-refractivity contribution in [2.24, 2.45) is 0 Å². The first-order valence-electron chi connectivity index (χ1n) is 8.11. The molecule has 0 fully saturated rings. The lowest BCUT2D eigenvalue weighted by Gasteiger charge is -2.19. The molecule has 1 heterocycles. The standard InChI is InChI=1S/C21H16F3N/c1-12-7-9-14(10-8-12)18-15-5-3-4-6-16(15)20-19(18)17(21(22,23)24)11-13(2)25-20/h3-11,18H,1-2H3. The summed E-state index contributed by atoms with van der Waals surface area (Å²) in [4.78, 5) is 4.46. The van der Waals surface area contributed by atoms with Crippen molar-refractivity contribution in [2.75, 3.05) is 0 Å². The highest BCUT2D eigenvalue weighted by Crippen LogP contribution is 2.51. The Morgan fingerprint density at radius 3 is 2.28 bits per heavy atom. The smallest absolute Gasteiger partial charge is 0.253 e. The van der Waals surface area contributed by atoms with Crippen LogP contribution in [0, 0.1) is 13.8 Å². The number of pyridine rings is 1. The van der Waals surface area contributed by atoms with Gasteiger partial charge in [-0.15, -0.1) is 0 Å². The van der Waals surface area contributed by atoms with Crippen molar-refractivity contribution in [3.8, 4) is 11.3 Å². The number of hydrogen-bond acceptors (Lipinski definition) is 1. The minimum Gasteiger partial charge on any atom is -0.253 e. The second-order valence-electron chi connectivity index (χ2n) is 6.50. The lowest BCUT2D eigenvalue weighted by atomic mass is 9.87. The van der Waals surface area contributed by atoms with E-state index in [1.807, 2.05) is 55.5 Å². The molecular formula is C21H16F3N. The van der Waals surface area contributed by atoms with Crippen LogP contribution < -0.4 is 0 Å². The normalized spacial score (nSPS) is 15.8. The molecule has 126 valence electrons. The average Bonchev–Trinajstić information content (AvgIpc) is 2.88. The highest BCUT2D eigenvalue weighted by Gasteiger charge is 2.42. The zero-order chi connectivity index (χ0) is 17.8. The molecule has 1 aliphatic carbocycles. The Hall–Kier alpha value is -2.62. The van der Waals surface area contributed by atoms with Gasteiger partial charge in [-0.25, -0.2) is 0 Å². The molecule has 0 saturated heterocycles. The fourth-order valence-corrected chi connectivity index (χ4v) is 3.64. The van der Waals surface area contributed by atoms with Crippen LogP contribution in [0.4, 0.5) is 13.2 Å². The van der Waals surface area contributed by atoms with Gasteiger partial charge in [-0.2, -0.15) is 13.2 Å². The summed E-state index contributed by atoms with van der Waals surface area (Å²) in [7, 11) is 0. The second kappa shape index (κ2) is 5.45. The van der Waals surface area contributed by atoms with E-state index in [1.54, 1.807) is 6.92 Å². The van der Waals surface area contributed by atoms with E-state index >= 15 is 0 Å². The molecule has 0 N–H and O–H groups in total. The number of aryl methyl sites for hydroxylation is 2. The van der Waals surface area contributed by atoms with E-state index in [4.69, 9.17) is 0 Å². The van der Waals surface area contributed by atoms with Gasteiger partial charge in [-0.05, 0) is 31.0 Å². The molecule has 1 atom stereocenters. The molecule has 4 rings (SSSR count). The number of fused-ring (bicyclic) bond motifs is 3. The molecule has 1 aromatic heterocycles. The minimum absolute atomic E-state index is 0.267. The maximum atomic E-state index is 13.8. The van der Waals surface area contributed by atoms with Gasteiger partial charge in [0.2, 0.25) is 0 Å². The Kier molecular flexibility index (Phi) is 3.46. The summed E-state index contributed by atoms with van der Waals surface area (Å²) in [5, 5.41) is 0. The molecule has 0 aliphatic heterocycles. The number of hydrogen-bond donors (Lipinski definition) is 0. The zero-order valence-electron chi connectivity index (χ0n) is 13.9. The maximum Gasteiger partial charge on any atom is 0.416 e. The third-order valence-electron chi connectivity index (χ3n) is 4.72. The van der Waals surface area contributed by atoms with Gasteiger partial charge in [0.05, 0.1) is 11.3 Å². The lowest BCUT2D eigenvalue weighted by molar-refractivity contribution is -0.138. The molecule has 25 heavy (non-hydrogen) atoms. The molecule has 2 aromatic carbocycles. The summed E-state index contributed by atoms with van der Waals surface area (Å²) >= 11 is 0. The van der Waals surface area contributed by atoms with Crippen LogP contribution in [-0.2, 0) is 6.18 Å². The van der Waals surface area contributed by atoms with Gasteiger partial charge in [-0.1, -0.05) is 54.1 Å². The van der Waals surface area contributed by atoms with Crippen molar-refractivity contribution in [3.63, 3.8) is 0 Å². The van der Waals surface area contributed by atoms with Gasteiger partial charge in [0, 0.05) is 22.7 Å². The Morgan fingerprint density at radius 2 is 1.60 bits per heavy atom. The van der Waals surface area contributed by atoms with Crippen molar-refractivity contribution >= 4 is 0 Å². The summed E-state index contributed by atoms with van der Waals surface area (Å²) in [5.74, 6) is -0.448. The van der Waals surface area contributed by atoms with Crippen LogP contribution in [0.5, 0.6) is 0 Å². The minimum atomic E-state index is -4.41. The fraction of sp³-hybridized carbons (Fsp3) is 0.190. The summed E-state index contributed by atoms with van der Waals surface area (Å²) in [6, 6.07) is 16.3. The van der Waals surface area contributed by atoms with Crippen LogP contribution in [0.3, 0.4) is 0 Å². The zero-order valence-corrected chi connectivity index (χ0v) is 13.9. The highest BCUT2D eigenvalue weighted by atomic mass is 19.4. The van der Waals surface area contributed by atoms with Gasteiger partial charge in [0.1, 0.15) is 0 Å². The van der Waals surface area contributed by atoms with Crippen molar-refractivity contribution in [3.05, 3.63) is 88.1 Å². The number of benzene rings is 2. The molecule has 0 amide bonds. The van der Waals surface area contributed by atoms with Crippen molar-refractivity contribution in [1.82, 2.24) is 4.98 Å². The maximum absolute atomic E-state index is 13.8.